The Morgan fingerprint density at radius 3 is 2.75 bits per heavy atom. The Kier molecular flexibility index (Phi) is 4.20. The maximum absolute atomic E-state index is 10.0. The summed E-state index contributed by atoms with van der Waals surface area (Å²) in [5.41, 5.74) is 10.2. The second-order valence-electron chi connectivity index (χ2n) is 1.39. The van der Waals surface area contributed by atoms with E-state index in [2.05, 4.69) is 10.9 Å². The van der Waals surface area contributed by atoms with Crippen LogP contribution >= 0.6 is 0 Å². The SMILES string of the molecule is CNNCCC(N)=O. The zero-order chi connectivity index (χ0) is 6.41. The number of hydrogen-bond acceptors (Lipinski definition) is 3. The molecule has 0 rings (SSSR count). The summed E-state index contributed by atoms with van der Waals surface area (Å²) in [5.74, 6) is -0.284. The number of hydrogen-bond donors (Lipinski definition) is 3. The molecule has 0 atom stereocenters. The molecule has 0 saturated carbocycles. The van der Waals surface area contributed by atoms with Crippen molar-refractivity contribution >= 4 is 5.91 Å². The summed E-state index contributed by atoms with van der Waals surface area (Å²) in [7, 11) is 1.74. The van der Waals surface area contributed by atoms with Crippen LogP contribution in [0.1, 0.15) is 6.42 Å². The van der Waals surface area contributed by atoms with Crippen molar-refractivity contribution in [2.45, 2.75) is 6.42 Å². The number of amides is 1. The number of nitrogens with one attached hydrogen (secondary N) is 2. The third-order valence-electron chi connectivity index (χ3n) is 0.673. The van der Waals surface area contributed by atoms with Gasteiger partial charge in [0.2, 0.25) is 5.91 Å². The molecule has 1 amide bonds. The van der Waals surface area contributed by atoms with Crippen LogP contribution < -0.4 is 16.6 Å². The van der Waals surface area contributed by atoms with Crippen molar-refractivity contribution in [3.8, 4) is 0 Å². The molecule has 0 aromatic rings. The predicted molar refractivity (Wildman–Crippen MR) is 30.9 cm³/mol. The van der Waals surface area contributed by atoms with Gasteiger partial charge in [-0.1, -0.05) is 0 Å². The summed E-state index contributed by atoms with van der Waals surface area (Å²) in [6, 6.07) is 0. The predicted octanol–water partition coefficient (Wildman–Crippen LogP) is -1.41. The van der Waals surface area contributed by atoms with E-state index in [9.17, 15) is 4.79 Å². The molecule has 4 nitrogen and oxygen atoms in total. The van der Waals surface area contributed by atoms with Gasteiger partial charge in [0.1, 0.15) is 0 Å². The number of primary amides is 1. The molecule has 4 heteroatoms. The van der Waals surface area contributed by atoms with Crippen molar-refractivity contribution in [3.63, 3.8) is 0 Å². The van der Waals surface area contributed by atoms with E-state index in [1.165, 1.54) is 0 Å². The lowest BCUT2D eigenvalue weighted by Gasteiger charge is -1.96. The van der Waals surface area contributed by atoms with Gasteiger partial charge in [0.05, 0.1) is 0 Å². The zero-order valence-corrected chi connectivity index (χ0v) is 4.90. The van der Waals surface area contributed by atoms with Crippen molar-refractivity contribution in [1.29, 1.82) is 0 Å². The van der Waals surface area contributed by atoms with Gasteiger partial charge in [-0.15, -0.1) is 0 Å². The molecular formula is C4H11N3O. The number of nitrogens with two attached hydrogens (primary N) is 1. The second-order valence-corrected chi connectivity index (χ2v) is 1.39. The molecule has 0 fully saturated rings. The van der Waals surface area contributed by atoms with Crippen LogP contribution in [-0.4, -0.2) is 19.5 Å². The number of rotatable bonds is 4. The molecule has 0 aliphatic carbocycles. The van der Waals surface area contributed by atoms with E-state index in [1.54, 1.807) is 7.05 Å². The van der Waals surface area contributed by atoms with Gasteiger partial charge in [-0.3, -0.25) is 15.6 Å². The van der Waals surface area contributed by atoms with Crippen LogP contribution in [0.25, 0.3) is 0 Å². The molecule has 0 saturated heterocycles. The van der Waals surface area contributed by atoms with Crippen LogP contribution in [-0.2, 0) is 4.79 Å². The molecule has 4 N–H and O–H groups in total. The molecule has 0 unspecified atom stereocenters. The van der Waals surface area contributed by atoms with Crippen LogP contribution in [0, 0.1) is 0 Å². The monoisotopic (exact) mass is 117 g/mol. The summed E-state index contributed by atoms with van der Waals surface area (Å²) < 4.78 is 0. The molecule has 0 bridgehead atoms. The van der Waals surface area contributed by atoms with Gasteiger partial charge in [-0.05, 0) is 7.05 Å². The quantitative estimate of drug-likeness (QED) is 0.313. The van der Waals surface area contributed by atoms with Crippen LogP contribution in [0.2, 0.25) is 0 Å². The summed E-state index contributed by atoms with van der Waals surface area (Å²) in [6.07, 6.45) is 0.376. The summed E-state index contributed by atoms with van der Waals surface area (Å²) in [5, 5.41) is 0. The van der Waals surface area contributed by atoms with Gasteiger partial charge in [0.15, 0.2) is 0 Å². The van der Waals surface area contributed by atoms with Crippen molar-refractivity contribution in [1.82, 2.24) is 10.9 Å². The van der Waals surface area contributed by atoms with Gasteiger partial charge in [0, 0.05) is 13.0 Å². The van der Waals surface area contributed by atoms with Gasteiger partial charge >= 0.3 is 0 Å². The Hall–Kier alpha value is -0.610. The van der Waals surface area contributed by atoms with Crippen molar-refractivity contribution in [2.24, 2.45) is 5.73 Å². The van der Waals surface area contributed by atoms with E-state index >= 15 is 0 Å². The highest BCUT2D eigenvalue weighted by atomic mass is 16.1. The molecule has 0 radical (unpaired) electrons. The van der Waals surface area contributed by atoms with Crippen LogP contribution in [0.5, 0.6) is 0 Å². The highest BCUT2D eigenvalue weighted by Gasteiger charge is 1.89. The summed E-state index contributed by atoms with van der Waals surface area (Å²) in [4.78, 5) is 10.0. The minimum atomic E-state index is -0.284. The lowest BCUT2D eigenvalue weighted by molar-refractivity contribution is -0.117. The summed E-state index contributed by atoms with van der Waals surface area (Å²) >= 11 is 0. The topological polar surface area (TPSA) is 67.2 Å². The fourth-order valence-corrected chi connectivity index (χ4v) is 0.311. The Balaban J connectivity index is 2.82. The summed E-state index contributed by atoms with van der Waals surface area (Å²) in [6.45, 7) is 0.589. The Labute approximate surface area is 48.4 Å². The molecule has 0 spiro atoms. The largest absolute Gasteiger partial charge is 0.370 e. The average Bonchev–Trinajstić information content (AvgIpc) is 1.66. The van der Waals surface area contributed by atoms with E-state index in [0.717, 1.165) is 0 Å². The minimum absolute atomic E-state index is 0.284. The molecule has 0 heterocycles. The van der Waals surface area contributed by atoms with E-state index in [-0.39, 0.29) is 5.91 Å². The number of carbonyl (C=O) groups excluding carboxylic acids is 1. The first-order valence-electron chi connectivity index (χ1n) is 2.45. The fraction of sp³-hybridized carbons (Fsp3) is 0.750. The Morgan fingerprint density at radius 1 is 1.75 bits per heavy atom. The number of carbonyl (C=O) groups is 1. The molecule has 8 heavy (non-hydrogen) atoms. The normalized spacial score (nSPS) is 9.12. The first-order chi connectivity index (χ1) is 3.77. The van der Waals surface area contributed by atoms with Crippen molar-refractivity contribution < 1.29 is 4.79 Å². The first kappa shape index (κ1) is 7.39. The van der Waals surface area contributed by atoms with Crippen LogP contribution in [0.15, 0.2) is 0 Å². The molecular weight excluding hydrogens is 106 g/mol. The first-order valence-corrected chi connectivity index (χ1v) is 2.45. The second kappa shape index (κ2) is 4.55. The van der Waals surface area contributed by atoms with Gasteiger partial charge < -0.3 is 5.73 Å². The van der Waals surface area contributed by atoms with E-state index in [0.29, 0.717) is 13.0 Å². The molecule has 0 aliphatic heterocycles. The third kappa shape index (κ3) is 5.39. The maximum Gasteiger partial charge on any atom is 0.218 e. The third-order valence-corrected chi connectivity index (χ3v) is 0.673. The lowest BCUT2D eigenvalue weighted by atomic mass is 10.4. The smallest absolute Gasteiger partial charge is 0.218 e. The average molecular weight is 117 g/mol. The van der Waals surface area contributed by atoms with Gasteiger partial charge in [-0.25, -0.2) is 0 Å². The van der Waals surface area contributed by atoms with E-state index in [4.69, 9.17) is 5.73 Å². The highest BCUT2D eigenvalue weighted by Crippen LogP contribution is 1.67. The molecule has 48 valence electrons. The van der Waals surface area contributed by atoms with Gasteiger partial charge in [-0.2, -0.15) is 0 Å². The molecule has 0 aromatic carbocycles. The molecule has 0 aromatic heterocycles. The molecule has 0 aliphatic rings. The highest BCUT2D eigenvalue weighted by molar-refractivity contribution is 5.73. The van der Waals surface area contributed by atoms with Crippen LogP contribution in [0.3, 0.4) is 0 Å². The number of hydrazine groups is 1. The Bertz CT molecular complexity index is 73.7. The standard InChI is InChI=1S/C4H11N3O/c1-6-7-3-2-4(5)8/h6-7H,2-3H2,1H3,(H2,5,8). The van der Waals surface area contributed by atoms with Gasteiger partial charge in [0.25, 0.3) is 0 Å². The van der Waals surface area contributed by atoms with E-state index in [1.807, 2.05) is 0 Å². The maximum atomic E-state index is 10.0. The van der Waals surface area contributed by atoms with Crippen molar-refractivity contribution in [3.05, 3.63) is 0 Å². The lowest BCUT2D eigenvalue weighted by Crippen LogP contribution is -2.30. The van der Waals surface area contributed by atoms with E-state index < -0.39 is 0 Å². The fourth-order valence-electron chi connectivity index (χ4n) is 0.311. The Morgan fingerprint density at radius 2 is 2.38 bits per heavy atom. The van der Waals surface area contributed by atoms with Crippen molar-refractivity contribution in [2.75, 3.05) is 13.6 Å². The van der Waals surface area contributed by atoms with Crippen LogP contribution in [0.4, 0.5) is 0 Å². The minimum Gasteiger partial charge on any atom is -0.370 e. The zero-order valence-electron chi connectivity index (χ0n) is 4.90.